The van der Waals surface area contributed by atoms with Gasteiger partial charge in [0, 0.05) is 0 Å². The molecule has 0 aliphatic carbocycles. The first-order valence-electron chi connectivity index (χ1n) is 5.97. The highest BCUT2D eigenvalue weighted by atomic mass is 35.5. The summed E-state index contributed by atoms with van der Waals surface area (Å²) in [7, 11) is 4.29. The molecule has 0 saturated heterocycles. The minimum absolute atomic E-state index is 0. The van der Waals surface area contributed by atoms with Gasteiger partial charge < -0.3 is 4.90 Å². The van der Waals surface area contributed by atoms with Gasteiger partial charge in [-0.3, -0.25) is 0 Å². The van der Waals surface area contributed by atoms with Gasteiger partial charge in [0.25, 0.3) is 0 Å². The normalized spacial score (nSPS) is 10.2. The predicted molar refractivity (Wildman–Crippen MR) is 74.4 cm³/mol. The molecule has 1 aromatic carbocycles. The van der Waals surface area contributed by atoms with E-state index in [1.165, 1.54) is 44.2 Å². The largest absolute Gasteiger partial charge is 0.309 e. The average molecular weight is 242 g/mol. The highest BCUT2D eigenvalue weighted by Crippen LogP contribution is 2.07. The molecule has 0 radical (unpaired) electrons. The van der Waals surface area contributed by atoms with Crippen LogP contribution in [0.2, 0.25) is 0 Å². The third-order valence-corrected chi connectivity index (χ3v) is 2.66. The fraction of sp³-hybridized carbons (Fsp3) is 0.571. The fourth-order valence-corrected chi connectivity index (χ4v) is 1.76. The predicted octanol–water partition coefficient (Wildman–Crippen LogP) is 3.77. The molecular formula is C14H24ClN. The zero-order valence-electron chi connectivity index (χ0n) is 10.5. The Labute approximate surface area is 106 Å². The number of aryl methyl sites for hydroxylation is 1. The Morgan fingerprint density at radius 2 is 1.50 bits per heavy atom. The van der Waals surface area contributed by atoms with Gasteiger partial charge in [-0.25, -0.2) is 0 Å². The van der Waals surface area contributed by atoms with Crippen molar-refractivity contribution in [1.29, 1.82) is 0 Å². The highest BCUT2D eigenvalue weighted by molar-refractivity contribution is 5.85. The molecule has 0 bridgehead atoms. The molecule has 0 spiro atoms. The van der Waals surface area contributed by atoms with Crippen molar-refractivity contribution in [2.24, 2.45) is 0 Å². The van der Waals surface area contributed by atoms with Crippen molar-refractivity contribution in [2.45, 2.75) is 32.1 Å². The minimum Gasteiger partial charge on any atom is -0.309 e. The third kappa shape index (κ3) is 7.72. The molecule has 1 nitrogen and oxygen atoms in total. The van der Waals surface area contributed by atoms with E-state index in [1.807, 2.05) is 0 Å². The first kappa shape index (κ1) is 15.5. The van der Waals surface area contributed by atoms with Crippen molar-refractivity contribution in [3.8, 4) is 0 Å². The van der Waals surface area contributed by atoms with Gasteiger partial charge in [0.2, 0.25) is 0 Å². The van der Waals surface area contributed by atoms with Crippen LogP contribution in [0.1, 0.15) is 31.2 Å². The smallest absolute Gasteiger partial charge is 0.00248 e. The second-order valence-corrected chi connectivity index (χ2v) is 4.45. The Hall–Kier alpha value is -0.530. The lowest BCUT2D eigenvalue weighted by atomic mass is 10.1. The molecule has 0 fully saturated rings. The molecule has 0 amide bonds. The van der Waals surface area contributed by atoms with Gasteiger partial charge in [-0.2, -0.15) is 0 Å². The van der Waals surface area contributed by atoms with Crippen molar-refractivity contribution < 1.29 is 0 Å². The lowest BCUT2D eigenvalue weighted by Crippen LogP contribution is -2.12. The summed E-state index contributed by atoms with van der Waals surface area (Å²) in [6.45, 7) is 1.23. The van der Waals surface area contributed by atoms with Crippen molar-refractivity contribution in [2.75, 3.05) is 20.6 Å². The SMILES string of the molecule is CN(C)CCCCCCc1ccccc1.Cl. The van der Waals surface area contributed by atoms with E-state index in [2.05, 4.69) is 49.3 Å². The molecule has 0 saturated carbocycles. The van der Waals surface area contributed by atoms with Crippen LogP contribution in [0.5, 0.6) is 0 Å². The maximum absolute atomic E-state index is 2.26. The van der Waals surface area contributed by atoms with Crippen molar-refractivity contribution in [3.63, 3.8) is 0 Å². The molecule has 0 aliphatic heterocycles. The van der Waals surface area contributed by atoms with Crippen LogP contribution < -0.4 is 0 Å². The molecule has 0 aromatic heterocycles. The van der Waals surface area contributed by atoms with Gasteiger partial charge >= 0.3 is 0 Å². The van der Waals surface area contributed by atoms with Gasteiger partial charge in [0.05, 0.1) is 0 Å². The number of benzene rings is 1. The van der Waals surface area contributed by atoms with Crippen molar-refractivity contribution >= 4 is 12.4 Å². The second kappa shape index (κ2) is 9.68. The van der Waals surface area contributed by atoms with Crippen LogP contribution >= 0.6 is 12.4 Å². The van der Waals surface area contributed by atoms with E-state index < -0.39 is 0 Å². The summed E-state index contributed by atoms with van der Waals surface area (Å²) in [6.07, 6.45) is 6.63. The van der Waals surface area contributed by atoms with E-state index >= 15 is 0 Å². The Kier molecular flexibility index (Phi) is 9.36. The average Bonchev–Trinajstić information content (AvgIpc) is 2.24. The lowest BCUT2D eigenvalue weighted by molar-refractivity contribution is 0.390. The van der Waals surface area contributed by atoms with E-state index in [4.69, 9.17) is 0 Å². The van der Waals surface area contributed by atoms with E-state index in [9.17, 15) is 0 Å². The molecule has 0 aliphatic rings. The summed E-state index contributed by atoms with van der Waals surface area (Å²) < 4.78 is 0. The first-order chi connectivity index (χ1) is 7.29. The van der Waals surface area contributed by atoms with Gasteiger partial charge in [0.1, 0.15) is 0 Å². The van der Waals surface area contributed by atoms with Crippen LogP contribution in [0, 0.1) is 0 Å². The summed E-state index contributed by atoms with van der Waals surface area (Å²) in [5, 5.41) is 0. The molecule has 0 N–H and O–H groups in total. The lowest BCUT2D eigenvalue weighted by Gasteiger charge is -2.08. The number of rotatable bonds is 7. The molecule has 16 heavy (non-hydrogen) atoms. The summed E-state index contributed by atoms with van der Waals surface area (Å²) in [5.41, 5.74) is 1.48. The highest BCUT2D eigenvalue weighted by Gasteiger charge is 1.93. The molecule has 0 atom stereocenters. The van der Waals surface area contributed by atoms with Gasteiger partial charge in [-0.15, -0.1) is 12.4 Å². The summed E-state index contributed by atoms with van der Waals surface area (Å²) in [4.78, 5) is 2.26. The number of halogens is 1. The zero-order chi connectivity index (χ0) is 10.9. The van der Waals surface area contributed by atoms with Crippen molar-refractivity contribution in [1.82, 2.24) is 4.90 Å². The fourth-order valence-electron chi connectivity index (χ4n) is 1.76. The van der Waals surface area contributed by atoms with Crippen LogP contribution in [0.25, 0.3) is 0 Å². The topological polar surface area (TPSA) is 3.24 Å². The van der Waals surface area contributed by atoms with Gasteiger partial charge in [0.15, 0.2) is 0 Å². The van der Waals surface area contributed by atoms with Gasteiger partial charge in [-0.05, 0) is 45.5 Å². The molecule has 0 heterocycles. The second-order valence-electron chi connectivity index (χ2n) is 4.45. The Balaban J connectivity index is 0.00000225. The number of hydrogen-bond donors (Lipinski definition) is 0. The molecule has 92 valence electrons. The molecule has 1 aromatic rings. The van der Waals surface area contributed by atoms with Crippen LogP contribution in [-0.4, -0.2) is 25.5 Å². The number of hydrogen-bond acceptors (Lipinski definition) is 1. The standard InChI is InChI=1S/C14H23N.ClH/c1-15(2)13-9-4-3-6-10-14-11-7-5-8-12-14;/h5,7-8,11-12H,3-4,6,9-10,13H2,1-2H3;1H. The van der Waals surface area contributed by atoms with Crippen LogP contribution in [0.4, 0.5) is 0 Å². The third-order valence-electron chi connectivity index (χ3n) is 2.66. The van der Waals surface area contributed by atoms with Gasteiger partial charge in [-0.1, -0.05) is 43.2 Å². The van der Waals surface area contributed by atoms with E-state index in [-0.39, 0.29) is 12.4 Å². The van der Waals surface area contributed by atoms with Crippen LogP contribution in [-0.2, 0) is 6.42 Å². The maximum Gasteiger partial charge on any atom is -0.00248 e. The van der Waals surface area contributed by atoms with Crippen LogP contribution in [0.15, 0.2) is 30.3 Å². The Morgan fingerprint density at radius 3 is 2.12 bits per heavy atom. The maximum atomic E-state index is 2.26. The quantitative estimate of drug-likeness (QED) is 0.657. The summed E-state index contributed by atoms with van der Waals surface area (Å²) >= 11 is 0. The number of unbranched alkanes of at least 4 members (excludes halogenated alkanes) is 3. The summed E-state index contributed by atoms with van der Waals surface area (Å²) in [6, 6.07) is 10.8. The number of nitrogens with zero attached hydrogens (tertiary/aromatic N) is 1. The molecule has 2 heteroatoms. The molecule has 1 rings (SSSR count). The van der Waals surface area contributed by atoms with E-state index in [1.54, 1.807) is 0 Å². The Bertz CT molecular complexity index is 246. The van der Waals surface area contributed by atoms with E-state index in [0.29, 0.717) is 0 Å². The molecule has 0 unspecified atom stereocenters. The minimum atomic E-state index is 0. The van der Waals surface area contributed by atoms with Crippen molar-refractivity contribution in [3.05, 3.63) is 35.9 Å². The first-order valence-corrected chi connectivity index (χ1v) is 5.97. The van der Waals surface area contributed by atoms with E-state index in [0.717, 1.165) is 0 Å². The molecular weight excluding hydrogens is 218 g/mol. The summed E-state index contributed by atoms with van der Waals surface area (Å²) in [5.74, 6) is 0. The Morgan fingerprint density at radius 1 is 0.875 bits per heavy atom. The van der Waals surface area contributed by atoms with Crippen LogP contribution in [0.3, 0.4) is 0 Å². The zero-order valence-corrected chi connectivity index (χ0v) is 11.3. The monoisotopic (exact) mass is 241 g/mol.